The second-order valence-corrected chi connectivity index (χ2v) is 3.40. The van der Waals surface area contributed by atoms with E-state index in [-0.39, 0.29) is 0 Å². The number of rotatable bonds is 2. The van der Waals surface area contributed by atoms with E-state index < -0.39 is 0 Å². The van der Waals surface area contributed by atoms with Crippen molar-refractivity contribution in [3.63, 3.8) is 0 Å². The van der Waals surface area contributed by atoms with E-state index in [1.165, 1.54) is 11.1 Å². The third-order valence-electron chi connectivity index (χ3n) is 2.48. The van der Waals surface area contributed by atoms with Crippen LogP contribution in [0, 0.1) is 0 Å². The summed E-state index contributed by atoms with van der Waals surface area (Å²) < 4.78 is 2.13. The predicted molar refractivity (Wildman–Crippen MR) is 54.9 cm³/mol. The Labute approximate surface area is 78.0 Å². The minimum Gasteiger partial charge on any atom is -0.330 e. The fourth-order valence-electron chi connectivity index (χ4n) is 1.62. The normalized spacial score (nSPS) is 13.4. The molecule has 2 N–H and O–H groups in total. The number of hydrogen-bond donors (Lipinski definition) is 1. The Hall–Kier alpha value is -1.28. The maximum absolute atomic E-state index is 5.65. The molecule has 2 aromatic rings. The molecule has 13 heavy (non-hydrogen) atoms. The molecule has 2 nitrogen and oxygen atoms in total. The summed E-state index contributed by atoms with van der Waals surface area (Å²) in [6, 6.07) is 8.36. The van der Waals surface area contributed by atoms with E-state index in [1.807, 2.05) is 6.07 Å². The molecule has 0 saturated heterocycles. The molecule has 0 bridgehead atoms. The van der Waals surface area contributed by atoms with E-state index in [2.05, 4.69) is 41.9 Å². The summed E-state index contributed by atoms with van der Waals surface area (Å²) in [7, 11) is 0. The maximum atomic E-state index is 5.65. The average Bonchev–Trinajstić information content (AvgIpc) is 2.60. The van der Waals surface area contributed by atoms with Gasteiger partial charge in [0.1, 0.15) is 0 Å². The summed E-state index contributed by atoms with van der Waals surface area (Å²) >= 11 is 0. The number of pyridine rings is 1. The van der Waals surface area contributed by atoms with Gasteiger partial charge < -0.3 is 10.1 Å². The molecule has 0 fully saturated rings. The summed E-state index contributed by atoms with van der Waals surface area (Å²) in [4.78, 5) is 0. The van der Waals surface area contributed by atoms with Crippen molar-refractivity contribution in [1.82, 2.24) is 4.40 Å². The van der Waals surface area contributed by atoms with Gasteiger partial charge in [0.15, 0.2) is 0 Å². The highest BCUT2D eigenvalue weighted by Gasteiger charge is 2.07. The highest BCUT2D eigenvalue weighted by atomic mass is 14.9. The Morgan fingerprint density at radius 2 is 2.15 bits per heavy atom. The van der Waals surface area contributed by atoms with E-state index in [9.17, 15) is 0 Å². The molecule has 2 heteroatoms. The van der Waals surface area contributed by atoms with Crippen LogP contribution in [-0.4, -0.2) is 10.9 Å². The van der Waals surface area contributed by atoms with Gasteiger partial charge in [-0.15, -0.1) is 0 Å². The summed E-state index contributed by atoms with van der Waals surface area (Å²) in [5.41, 5.74) is 8.25. The molecule has 0 aliphatic rings. The molecule has 2 rings (SSSR count). The van der Waals surface area contributed by atoms with Gasteiger partial charge in [0, 0.05) is 17.9 Å². The first-order chi connectivity index (χ1) is 6.33. The van der Waals surface area contributed by atoms with Crippen molar-refractivity contribution >= 4 is 5.52 Å². The molecule has 1 atom stereocenters. The summed E-state index contributed by atoms with van der Waals surface area (Å²) in [6.07, 6.45) is 4.14. The lowest BCUT2D eigenvalue weighted by Gasteiger charge is -2.06. The van der Waals surface area contributed by atoms with E-state index in [4.69, 9.17) is 5.73 Å². The number of fused-ring (bicyclic) bond motifs is 1. The molecule has 0 radical (unpaired) electrons. The molecule has 0 spiro atoms. The van der Waals surface area contributed by atoms with Crippen molar-refractivity contribution in [1.29, 1.82) is 0 Å². The summed E-state index contributed by atoms with van der Waals surface area (Å²) in [5.74, 6) is 0.437. The van der Waals surface area contributed by atoms with Crippen molar-refractivity contribution in [2.75, 3.05) is 6.54 Å². The molecular weight excluding hydrogens is 160 g/mol. The lowest BCUT2D eigenvalue weighted by Crippen LogP contribution is -2.08. The zero-order valence-electron chi connectivity index (χ0n) is 7.77. The van der Waals surface area contributed by atoms with Gasteiger partial charge in [-0.1, -0.05) is 13.0 Å². The average molecular weight is 174 g/mol. The minimum absolute atomic E-state index is 0.437. The SMILES string of the molecule is CC(CN)c1ccn2ccccc12. The highest BCUT2D eigenvalue weighted by Crippen LogP contribution is 2.20. The Kier molecular flexibility index (Phi) is 2.07. The van der Waals surface area contributed by atoms with Gasteiger partial charge >= 0.3 is 0 Å². The molecular formula is C11H14N2. The molecule has 2 aromatic heterocycles. The monoisotopic (exact) mass is 174 g/mol. The molecule has 0 aromatic carbocycles. The lowest BCUT2D eigenvalue weighted by molar-refractivity contribution is 0.781. The van der Waals surface area contributed by atoms with Crippen molar-refractivity contribution < 1.29 is 0 Å². The van der Waals surface area contributed by atoms with Crippen LogP contribution in [0.15, 0.2) is 36.7 Å². The van der Waals surface area contributed by atoms with Crippen molar-refractivity contribution in [3.05, 3.63) is 42.2 Å². The third kappa shape index (κ3) is 1.33. The molecule has 1 unspecified atom stereocenters. The van der Waals surface area contributed by atoms with Crippen LogP contribution in [0.4, 0.5) is 0 Å². The summed E-state index contributed by atoms with van der Waals surface area (Å²) in [5, 5.41) is 0. The van der Waals surface area contributed by atoms with Crippen molar-refractivity contribution in [3.8, 4) is 0 Å². The van der Waals surface area contributed by atoms with Crippen LogP contribution in [0.2, 0.25) is 0 Å². The van der Waals surface area contributed by atoms with E-state index in [0.29, 0.717) is 12.5 Å². The van der Waals surface area contributed by atoms with Crippen LogP contribution in [0.3, 0.4) is 0 Å². The number of aromatic nitrogens is 1. The van der Waals surface area contributed by atoms with Crippen LogP contribution in [0.1, 0.15) is 18.4 Å². The topological polar surface area (TPSA) is 30.4 Å². The zero-order valence-corrected chi connectivity index (χ0v) is 7.77. The quantitative estimate of drug-likeness (QED) is 0.741. The molecule has 68 valence electrons. The minimum atomic E-state index is 0.437. The van der Waals surface area contributed by atoms with Crippen LogP contribution >= 0.6 is 0 Å². The van der Waals surface area contributed by atoms with Gasteiger partial charge in [-0.25, -0.2) is 0 Å². The van der Waals surface area contributed by atoms with E-state index in [0.717, 1.165) is 0 Å². The first-order valence-electron chi connectivity index (χ1n) is 4.58. The lowest BCUT2D eigenvalue weighted by atomic mass is 10.0. The zero-order chi connectivity index (χ0) is 9.26. The van der Waals surface area contributed by atoms with E-state index >= 15 is 0 Å². The Bertz CT molecular complexity index is 403. The Morgan fingerprint density at radius 3 is 2.92 bits per heavy atom. The maximum Gasteiger partial charge on any atom is 0.0485 e. The second kappa shape index (κ2) is 3.23. The fourth-order valence-corrected chi connectivity index (χ4v) is 1.62. The van der Waals surface area contributed by atoms with Gasteiger partial charge in [0.2, 0.25) is 0 Å². The number of nitrogens with zero attached hydrogens (tertiary/aromatic N) is 1. The van der Waals surface area contributed by atoms with Crippen LogP contribution < -0.4 is 5.73 Å². The van der Waals surface area contributed by atoms with Gasteiger partial charge in [0.05, 0.1) is 0 Å². The summed E-state index contributed by atoms with van der Waals surface area (Å²) in [6.45, 7) is 2.86. The highest BCUT2D eigenvalue weighted by molar-refractivity contribution is 5.57. The smallest absolute Gasteiger partial charge is 0.0485 e. The van der Waals surface area contributed by atoms with Crippen molar-refractivity contribution in [2.45, 2.75) is 12.8 Å². The van der Waals surface area contributed by atoms with Crippen LogP contribution in [0.5, 0.6) is 0 Å². The van der Waals surface area contributed by atoms with E-state index in [1.54, 1.807) is 0 Å². The largest absolute Gasteiger partial charge is 0.330 e. The first-order valence-corrected chi connectivity index (χ1v) is 4.58. The number of hydrogen-bond acceptors (Lipinski definition) is 1. The first kappa shape index (κ1) is 8.32. The van der Waals surface area contributed by atoms with Crippen LogP contribution in [-0.2, 0) is 0 Å². The number of nitrogens with two attached hydrogens (primary N) is 1. The van der Waals surface area contributed by atoms with Gasteiger partial charge in [-0.05, 0) is 36.2 Å². The Balaban J connectivity index is 2.57. The standard InChI is InChI=1S/C11H14N2/c1-9(8-12)10-5-7-13-6-3-2-4-11(10)13/h2-7,9H,8,12H2,1H3. The van der Waals surface area contributed by atoms with Crippen molar-refractivity contribution in [2.24, 2.45) is 5.73 Å². The van der Waals surface area contributed by atoms with Crippen LogP contribution in [0.25, 0.3) is 5.52 Å². The van der Waals surface area contributed by atoms with Gasteiger partial charge in [-0.3, -0.25) is 0 Å². The fraction of sp³-hybridized carbons (Fsp3) is 0.273. The molecule has 0 aliphatic carbocycles. The molecule has 0 amide bonds. The Morgan fingerprint density at radius 1 is 1.31 bits per heavy atom. The molecule has 2 heterocycles. The third-order valence-corrected chi connectivity index (χ3v) is 2.48. The molecule has 0 saturated carbocycles. The molecule has 0 aliphatic heterocycles. The second-order valence-electron chi connectivity index (χ2n) is 3.40. The van der Waals surface area contributed by atoms with Gasteiger partial charge in [0.25, 0.3) is 0 Å². The predicted octanol–water partition coefficient (Wildman–Crippen LogP) is 2.00. The van der Waals surface area contributed by atoms with Gasteiger partial charge in [-0.2, -0.15) is 0 Å².